The van der Waals surface area contributed by atoms with Crippen LogP contribution in [0.4, 0.5) is 0 Å². The molecule has 1 radical (unpaired) electrons. The average Bonchev–Trinajstić information content (AvgIpc) is 2.16. The second-order valence-electron chi connectivity index (χ2n) is 2.89. The first-order valence-electron chi connectivity index (χ1n) is 3.95. The van der Waals surface area contributed by atoms with Crippen LogP contribution in [-0.2, 0) is 10.1 Å². The minimum Gasteiger partial charge on any atom is -0.282 e. The van der Waals surface area contributed by atoms with Gasteiger partial charge in [0.05, 0.1) is 4.90 Å². The third-order valence-electron chi connectivity index (χ3n) is 1.93. The molecule has 0 atom stereocenters. The molecule has 0 aromatic heterocycles. The molecule has 0 fully saturated rings. The van der Waals surface area contributed by atoms with Gasteiger partial charge in [-0.25, -0.2) is 0 Å². The van der Waals surface area contributed by atoms with Gasteiger partial charge in [-0.15, -0.1) is 0 Å². The maximum Gasteiger partial charge on any atom is 0.294 e. The third-order valence-corrected chi connectivity index (χ3v) is 2.78. The lowest BCUT2D eigenvalue weighted by Gasteiger charge is -1.99. The minimum absolute atomic E-state index is 0.104. The molecule has 0 aliphatic heterocycles. The molecule has 3 nitrogen and oxygen atoms in total. The first-order chi connectivity index (χ1) is 6.57. The summed E-state index contributed by atoms with van der Waals surface area (Å²) in [6.45, 7) is 0. The topological polar surface area (TPSA) is 54.4 Å². The molecule has 71 valence electrons. The maximum atomic E-state index is 10.8. The summed E-state index contributed by atoms with van der Waals surface area (Å²) < 4.78 is 30.4. The molecule has 0 saturated carbocycles. The highest BCUT2D eigenvalue weighted by molar-refractivity contribution is 7.85. The molecule has 1 N–H and O–H groups in total. The lowest BCUT2D eigenvalue weighted by atomic mass is 10.1. The molecular weight excluding hydrogens is 200 g/mol. The van der Waals surface area contributed by atoms with Crippen molar-refractivity contribution >= 4 is 20.9 Å². The number of hydrogen-bond acceptors (Lipinski definition) is 2. The third kappa shape index (κ3) is 1.62. The van der Waals surface area contributed by atoms with E-state index in [2.05, 4.69) is 6.07 Å². The zero-order valence-electron chi connectivity index (χ0n) is 7.14. The molecular formula is C10H7O3S. The standard InChI is InChI=1S/C10H7O3S/c11-14(12,13)10-6-5-8-3-1-2-4-9(8)7-10/h1-3,5-7H,(H,11,12,13). The van der Waals surface area contributed by atoms with Crippen molar-refractivity contribution in [1.82, 2.24) is 0 Å². The number of fused-ring (bicyclic) bond motifs is 1. The lowest BCUT2D eigenvalue weighted by molar-refractivity contribution is 0.483. The Bertz CT molecular complexity index is 573. The highest BCUT2D eigenvalue weighted by atomic mass is 32.2. The van der Waals surface area contributed by atoms with Crippen molar-refractivity contribution in [3.8, 4) is 0 Å². The van der Waals surface area contributed by atoms with E-state index in [0.717, 1.165) is 5.39 Å². The Kier molecular flexibility index (Phi) is 2.02. The highest BCUT2D eigenvalue weighted by Crippen LogP contribution is 2.17. The van der Waals surface area contributed by atoms with Gasteiger partial charge in [-0.05, 0) is 29.0 Å². The van der Waals surface area contributed by atoms with Crippen molar-refractivity contribution < 1.29 is 13.0 Å². The molecule has 0 bridgehead atoms. The Morgan fingerprint density at radius 1 is 1.21 bits per heavy atom. The SMILES string of the molecule is O=S(=O)(O)c1ccc2ccc[c]c2c1. The van der Waals surface area contributed by atoms with Gasteiger partial charge in [0, 0.05) is 0 Å². The van der Waals surface area contributed by atoms with E-state index in [9.17, 15) is 8.42 Å². The van der Waals surface area contributed by atoms with Gasteiger partial charge in [-0.1, -0.05) is 24.3 Å². The van der Waals surface area contributed by atoms with Crippen molar-refractivity contribution in [3.05, 3.63) is 42.5 Å². The Morgan fingerprint density at radius 2 is 2.00 bits per heavy atom. The van der Waals surface area contributed by atoms with Crippen molar-refractivity contribution in [2.24, 2.45) is 0 Å². The molecule has 0 amide bonds. The van der Waals surface area contributed by atoms with Crippen LogP contribution in [0, 0.1) is 6.07 Å². The summed E-state index contributed by atoms with van der Waals surface area (Å²) in [5, 5.41) is 1.56. The summed E-state index contributed by atoms with van der Waals surface area (Å²) in [6.07, 6.45) is 0. The number of benzene rings is 2. The summed E-state index contributed by atoms with van der Waals surface area (Å²) in [5.74, 6) is 0. The maximum absolute atomic E-state index is 10.8. The van der Waals surface area contributed by atoms with Crippen LogP contribution in [0.5, 0.6) is 0 Å². The highest BCUT2D eigenvalue weighted by Gasteiger charge is 2.08. The van der Waals surface area contributed by atoms with E-state index < -0.39 is 10.1 Å². The van der Waals surface area contributed by atoms with Crippen LogP contribution in [0.1, 0.15) is 0 Å². The lowest BCUT2D eigenvalue weighted by Crippen LogP contribution is -1.97. The quantitative estimate of drug-likeness (QED) is 0.726. The summed E-state index contributed by atoms with van der Waals surface area (Å²) in [5.41, 5.74) is 0. The van der Waals surface area contributed by atoms with Gasteiger partial charge in [-0.2, -0.15) is 8.42 Å². The molecule has 14 heavy (non-hydrogen) atoms. The van der Waals surface area contributed by atoms with Crippen LogP contribution in [-0.4, -0.2) is 13.0 Å². The van der Waals surface area contributed by atoms with Crippen molar-refractivity contribution in [3.63, 3.8) is 0 Å². The fraction of sp³-hybridized carbons (Fsp3) is 0. The summed E-state index contributed by atoms with van der Waals surface area (Å²) >= 11 is 0. The van der Waals surface area contributed by atoms with Crippen molar-refractivity contribution in [2.45, 2.75) is 4.90 Å². The van der Waals surface area contributed by atoms with Gasteiger partial charge in [0.15, 0.2) is 0 Å². The van der Waals surface area contributed by atoms with Crippen LogP contribution < -0.4 is 0 Å². The Hall–Kier alpha value is -1.39. The predicted octanol–water partition coefficient (Wildman–Crippen LogP) is 1.89. The smallest absolute Gasteiger partial charge is 0.282 e. The van der Waals surface area contributed by atoms with Gasteiger partial charge in [0.2, 0.25) is 0 Å². The molecule has 0 aliphatic rings. The van der Waals surface area contributed by atoms with E-state index >= 15 is 0 Å². The van der Waals surface area contributed by atoms with Crippen LogP contribution in [0.3, 0.4) is 0 Å². The fourth-order valence-corrected chi connectivity index (χ4v) is 1.76. The predicted molar refractivity (Wildman–Crippen MR) is 52.6 cm³/mol. The van der Waals surface area contributed by atoms with Gasteiger partial charge in [-0.3, -0.25) is 4.55 Å². The first-order valence-corrected chi connectivity index (χ1v) is 5.39. The molecule has 2 aromatic carbocycles. The number of hydrogen-bond donors (Lipinski definition) is 1. The number of rotatable bonds is 1. The van der Waals surface area contributed by atoms with Gasteiger partial charge in [0.25, 0.3) is 10.1 Å². The van der Waals surface area contributed by atoms with Crippen LogP contribution in [0.15, 0.2) is 41.3 Å². The minimum atomic E-state index is -4.11. The summed E-state index contributed by atoms with van der Waals surface area (Å²) in [6, 6.07) is 12.6. The van der Waals surface area contributed by atoms with E-state index in [1.807, 2.05) is 12.1 Å². The summed E-state index contributed by atoms with van der Waals surface area (Å²) in [4.78, 5) is -0.104. The molecule has 0 aliphatic carbocycles. The average molecular weight is 207 g/mol. The molecule has 4 heteroatoms. The molecule has 2 rings (SSSR count). The zero-order chi connectivity index (χ0) is 10.2. The zero-order valence-corrected chi connectivity index (χ0v) is 7.95. The normalized spacial score (nSPS) is 11.8. The van der Waals surface area contributed by atoms with E-state index in [4.69, 9.17) is 4.55 Å². The Balaban J connectivity index is 2.75. The van der Waals surface area contributed by atoms with Crippen LogP contribution in [0.25, 0.3) is 10.8 Å². The van der Waals surface area contributed by atoms with Gasteiger partial charge < -0.3 is 0 Å². The van der Waals surface area contributed by atoms with Gasteiger partial charge >= 0.3 is 0 Å². The van der Waals surface area contributed by atoms with Crippen LogP contribution in [0.2, 0.25) is 0 Å². The Morgan fingerprint density at radius 3 is 2.71 bits per heavy atom. The van der Waals surface area contributed by atoms with E-state index in [1.54, 1.807) is 12.1 Å². The molecule has 0 heterocycles. The second kappa shape index (κ2) is 3.08. The molecule has 0 unspecified atom stereocenters. The van der Waals surface area contributed by atoms with E-state index in [1.165, 1.54) is 12.1 Å². The molecule has 0 spiro atoms. The van der Waals surface area contributed by atoms with E-state index in [0.29, 0.717) is 5.39 Å². The molecule has 0 saturated heterocycles. The summed E-state index contributed by atoms with van der Waals surface area (Å²) in [7, 11) is -4.11. The monoisotopic (exact) mass is 207 g/mol. The largest absolute Gasteiger partial charge is 0.294 e. The van der Waals surface area contributed by atoms with Crippen molar-refractivity contribution in [2.75, 3.05) is 0 Å². The van der Waals surface area contributed by atoms with E-state index in [-0.39, 0.29) is 4.90 Å². The van der Waals surface area contributed by atoms with Gasteiger partial charge in [0.1, 0.15) is 0 Å². The first kappa shape index (κ1) is 9.18. The van der Waals surface area contributed by atoms with Crippen molar-refractivity contribution in [1.29, 1.82) is 0 Å². The second-order valence-corrected chi connectivity index (χ2v) is 4.32. The molecule has 2 aromatic rings. The fourth-order valence-electron chi connectivity index (χ4n) is 1.26. The van der Waals surface area contributed by atoms with Crippen LogP contribution >= 0.6 is 0 Å². The Labute approximate surface area is 81.7 Å².